The Hall–Kier alpha value is -1.77. The van der Waals surface area contributed by atoms with Gasteiger partial charge in [-0.05, 0) is 60.1 Å². The highest BCUT2D eigenvalue weighted by Crippen LogP contribution is 2.67. The van der Waals surface area contributed by atoms with Gasteiger partial charge in [-0.3, -0.25) is 0 Å². The quantitative estimate of drug-likeness (QED) is 0.772. The number of rotatable bonds is 1. The molecule has 0 spiro atoms. The van der Waals surface area contributed by atoms with E-state index in [0.29, 0.717) is 5.92 Å². The highest BCUT2D eigenvalue weighted by Gasteiger charge is 2.60. The van der Waals surface area contributed by atoms with Crippen LogP contribution in [-0.4, -0.2) is 10.2 Å². The summed E-state index contributed by atoms with van der Waals surface area (Å²) in [6, 6.07) is 8.66. The van der Waals surface area contributed by atoms with E-state index in [1.54, 1.807) is 12.1 Å². The molecule has 0 saturated heterocycles. The summed E-state index contributed by atoms with van der Waals surface area (Å²) in [5.74, 6) is 0.341. The zero-order chi connectivity index (χ0) is 14.8. The van der Waals surface area contributed by atoms with Gasteiger partial charge in [0.25, 0.3) is 0 Å². The predicted octanol–water partition coefficient (Wildman–Crippen LogP) is 4.46. The Kier molecular flexibility index (Phi) is 2.40. The zero-order valence-corrected chi connectivity index (χ0v) is 12.7. The number of halogens is 1. The summed E-state index contributed by atoms with van der Waals surface area (Å²) >= 11 is 0. The molecule has 21 heavy (non-hydrogen) atoms. The molecule has 4 rings (SSSR count). The van der Waals surface area contributed by atoms with E-state index < -0.39 is 0 Å². The van der Waals surface area contributed by atoms with E-state index in [0.717, 1.165) is 11.3 Å². The number of benzene rings is 1. The summed E-state index contributed by atoms with van der Waals surface area (Å²) in [7, 11) is 0. The van der Waals surface area contributed by atoms with Crippen molar-refractivity contribution >= 4 is 0 Å². The fourth-order valence-electron chi connectivity index (χ4n) is 4.33. The Morgan fingerprint density at radius 1 is 1.10 bits per heavy atom. The SMILES string of the molecule is CC12CCC(c3cc(-c4ccc(F)cc4)nnc31)C2(C)C. The Morgan fingerprint density at radius 2 is 1.81 bits per heavy atom. The molecule has 0 radical (unpaired) electrons. The molecule has 3 heteroatoms. The minimum absolute atomic E-state index is 0.140. The van der Waals surface area contributed by atoms with Gasteiger partial charge in [-0.1, -0.05) is 20.8 Å². The second-order valence-electron chi connectivity index (χ2n) is 7.19. The fourth-order valence-corrected chi connectivity index (χ4v) is 4.33. The van der Waals surface area contributed by atoms with Crippen LogP contribution in [0.3, 0.4) is 0 Å². The molecule has 2 aliphatic rings. The van der Waals surface area contributed by atoms with E-state index in [2.05, 4.69) is 37.0 Å². The molecule has 0 amide bonds. The topological polar surface area (TPSA) is 25.8 Å². The maximum atomic E-state index is 13.1. The summed E-state index contributed by atoms with van der Waals surface area (Å²) in [6.07, 6.45) is 2.42. The number of hydrogen-bond donors (Lipinski definition) is 0. The Morgan fingerprint density at radius 3 is 2.52 bits per heavy atom. The minimum Gasteiger partial charge on any atom is -0.207 e. The van der Waals surface area contributed by atoms with Crippen molar-refractivity contribution in [3.8, 4) is 11.3 Å². The molecule has 2 atom stereocenters. The fraction of sp³-hybridized carbons (Fsp3) is 0.444. The van der Waals surface area contributed by atoms with Crippen LogP contribution < -0.4 is 0 Å². The van der Waals surface area contributed by atoms with Crippen molar-refractivity contribution < 1.29 is 4.39 Å². The largest absolute Gasteiger partial charge is 0.207 e. The van der Waals surface area contributed by atoms with Crippen LogP contribution in [0.2, 0.25) is 0 Å². The van der Waals surface area contributed by atoms with Crippen molar-refractivity contribution in [3.05, 3.63) is 47.4 Å². The first kappa shape index (κ1) is 12.9. The molecule has 1 saturated carbocycles. The summed E-state index contributed by atoms with van der Waals surface area (Å²) in [5, 5.41) is 8.97. The van der Waals surface area contributed by atoms with Crippen LogP contribution in [0.4, 0.5) is 4.39 Å². The van der Waals surface area contributed by atoms with Crippen molar-refractivity contribution in [1.82, 2.24) is 10.2 Å². The number of fused-ring (bicyclic) bond motifs is 5. The van der Waals surface area contributed by atoms with Crippen molar-refractivity contribution in [2.75, 3.05) is 0 Å². The van der Waals surface area contributed by atoms with Gasteiger partial charge in [0.1, 0.15) is 5.82 Å². The number of hydrogen-bond acceptors (Lipinski definition) is 2. The molecule has 2 unspecified atom stereocenters. The maximum absolute atomic E-state index is 13.1. The van der Waals surface area contributed by atoms with Crippen LogP contribution in [0.5, 0.6) is 0 Å². The van der Waals surface area contributed by atoms with Gasteiger partial charge in [0.2, 0.25) is 0 Å². The van der Waals surface area contributed by atoms with E-state index in [4.69, 9.17) is 0 Å². The first-order chi connectivity index (χ1) is 9.93. The van der Waals surface area contributed by atoms with Crippen LogP contribution in [0.15, 0.2) is 30.3 Å². The Balaban J connectivity index is 1.85. The lowest BCUT2D eigenvalue weighted by molar-refractivity contribution is 0.226. The third-order valence-corrected chi connectivity index (χ3v) is 6.09. The minimum atomic E-state index is -0.222. The monoisotopic (exact) mass is 282 g/mol. The van der Waals surface area contributed by atoms with Gasteiger partial charge < -0.3 is 0 Å². The highest BCUT2D eigenvalue weighted by molar-refractivity contribution is 5.61. The van der Waals surface area contributed by atoms with Crippen molar-refractivity contribution in [1.29, 1.82) is 0 Å². The lowest BCUT2D eigenvalue weighted by Gasteiger charge is -2.33. The highest BCUT2D eigenvalue weighted by atomic mass is 19.1. The first-order valence-corrected chi connectivity index (χ1v) is 7.57. The van der Waals surface area contributed by atoms with E-state index in [1.165, 1.54) is 36.2 Å². The van der Waals surface area contributed by atoms with Crippen LogP contribution in [0.25, 0.3) is 11.3 Å². The van der Waals surface area contributed by atoms with E-state index in [1.807, 2.05) is 0 Å². The van der Waals surface area contributed by atoms with Crippen molar-refractivity contribution in [2.24, 2.45) is 5.41 Å². The van der Waals surface area contributed by atoms with Gasteiger partial charge in [-0.25, -0.2) is 4.39 Å². The molecule has 2 aliphatic carbocycles. The van der Waals surface area contributed by atoms with Crippen molar-refractivity contribution in [3.63, 3.8) is 0 Å². The maximum Gasteiger partial charge on any atom is 0.123 e. The van der Waals surface area contributed by atoms with E-state index in [9.17, 15) is 4.39 Å². The first-order valence-electron chi connectivity index (χ1n) is 7.57. The number of aromatic nitrogens is 2. The second-order valence-corrected chi connectivity index (χ2v) is 7.19. The van der Waals surface area contributed by atoms with Gasteiger partial charge in [0, 0.05) is 11.0 Å². The molecular weight excluding hydrogens is 263 g/mol. The molecule has 1 fully saturated rings. The molecule has 2 aromatic rings. The lowest BCUT2D eigenvalue weighted by Crippen LogP contribution is -2.32. The van der Waals surface area contributed by atoms with E-state index in [-0.39, 0.29) is 16.6 Å². The molecule has 2 bridgehead atoms. The smallest absolute Gasteiger partial charge is 0.123 e. The number of nitrogens with zero attached hydrogens (tertiary/aromatic N) is 2. The summed E-state index contributed by atoms with van der Waals surface area (Å²) in [4.78, 5) is 0. The molecule has 0 aliphatic heterocycles. The van der Waals surface area contributed by atoms with Crippen molar-refractivity contribution in [2.45, 2.75) is 44.9 Å². The van der Waals surface area contributed by atoms with E-state index >= 15 is 0 Å². The second kappa shape index (κ2) is 3.90. The molecule has 0 N–H and O–H groups in total. The molecular formula is C18H19FN2. The zero-order valence-electron chi connectivity index (χ0n) is 12.7. The third kappa shape index (κ3) is 1.52. The normalized spacial score (nSPS) is 28.7. The Bertz CT molecular complexity index is 720. The van der Waals surface area contributed by atoms with Crippen LogP contribution in [0.1, 0.15) is 50.8 Å². The molecule has 108 valence electrons. The average Bonchev–Trinajstić information content (AvgIpc) is 2.79. The summed E-state index contributed by atoms with van der Waals surface area (Å²) in [6.45, 7) is 7.03. The third-order valence-electron chi connectivity index (χ3n) is 6.09. The Labute approximate surface area is 124 Å². The summed E-state index contributed by atoms with van der Waals surface area (Å²) in [5.41, 5.74) is 4.68. The van der Waals surface area contributed by atoms with Gasteiger partial charge >= 0.3 is 0 Å². The average molecular weight is 282 g/mol. The molecule has 1 aromatic heterocycles. The van der Waals surface area contributed by atoms with Gasteiger partial charge in [0.05, 0.1) is 11.4 Å². The van der Waals surface area contributed by atoms with Gasteiger partial charge in [0.15, 0.2) is 0 Å². The van der Waals surface area contributed by atoms with Gasteiger partial charge in [-0.2, -0.15) is 10.2 Å². The predicted molar refractivity (Wildman–Crippen MR) is 80.5 cm³/mol. The van der Waals surface area contributed by atoms with Crippen LogP contribution in [-0.2, 0) is 5.41 Å². The summed E-state index contributed by atoms with van der Waals surface area (Å²) < 4.78 is 13.1. The lowest BCUT2D eigenvalue weighted by atomic mass is 9.70. The van der Waals surface area contributed by atoms with Crippen LogP contribution >= 0.6 is 0 Å². The standard InChI is InChI=1S/C18H19FN2/c1-17(2)14-8-9-18(17,3)16-13(14)10-15(20-21-16)11-4-6-12(19)7-5-11/h4-7,10,14H,8-9H2,1-3H3. The molecule has 2 nitrogen and oxygen atoms in total. The van der Waals surface area contributed by atoms with Gasteiger partial charge in [-0.15, -0.1) is 0 Å². The molecule has 1 aromatic carbocycles. The van der Waals surface area contributed by atoms with Crippen LogP contribution in [0, 0.1) is 11.2 Å². The molecule has 1 heterocycles.